The summed E-state index contributed by atoms with van der Waals surface area (Å²) in [4.78, 5) is 16.5. The molecule has 0 aliphatic rings. The number of ether oxygens (including phenoxy) is 3. The molecule has 0 spiro atoms. The van der Waals surface area contributed by atoms with Crippen molar-refractivity contribution in [1.82, 2.24) is 10.3 Å². The van der Waals surface area contributed by atoms with Crippen molar-refractivity contribution in [2.24, 2.45) is 0 Å². The van der Waals surface area contributed by atoms with E-state index < -0.39 is 11.7 Å². The van der Waals surface area contributed by atoms with Crippen molar-refractivity contribution in [2.75, 3.05) is 19.5 Å². The summed E-state index contributed by atoms with van der Waals surface area (Å²) < 4.78 is 30.5. The minimum absolute atomic E-state index is 0.112. The van der Waals surface area contributed by atoms with Gasteiger partial charge in [0.25, 0.3) is 0 Å². The highest BCUT2D eigenvalue weighted by Gasteiger charge is 2.12. The van der Waals surface area contributed by atoms with Gasteiger partial charge in [-0.1, -0.05) is 18.2 Å². The molecule has 0 fully saturated rings. The Bertz CT molecular complexity index is 1380. The van der Waals surface area contributed by atoms with Crippen LogP contribution in [0.5, 0.6) is 23.0 Å². The molecule has 0 unspecified atom stereocenters. The molecule has 9 heteroatoms. The van der Waals surface area contributed by atoms with Crippen LogP contribution in [0, 0.1) is 5.82 Å². The number of aromatic nitrogens is 1. The number of halogens is 1. The van der Waals surface area contributed by atoms with E-state index in [2.05, 4.69) is 15.6 Å². The van der Waals surface area contributed by atoms with Crippen LogP contribution in [0.2, 0.25) is 0 Å². The quantitative estimate of drug-likeness (QED) is 0.342. The molecule has 0 aliphatic heterocycles. The van der Waals surface area contributed by atoms with E-state index in [-0.39, 0.29) is 11.5 Å². The van der Waals surface area contributed by atoms with E-state index in [1.165, 1.54) is 6.07 Å². The van der Waals surface area contributed by atoms with Gasteiger partial charge in [-0.05, 0) is 60.2 Å². The number of nitrogens with one attached hydrogen (secondary N) is 2. The topological polar surface area (TPSA) is 81.7 Å². The van der Waals surface area contributed by atoms with Gasteiger partial charge in [0, 0.05) is 23.3 Å². The second kappa shape index (κ2) is 10.8. The van der Waals surface area contributed by atoms with Gasteiger partial charge in [0.15, 0.2) is 16.6 Å². The first kappa shape index (κ1) is 23.9. The van der Waals surface area contributed by atoms with Crippen LogP contribution in [0.3, 0.4) is 0 Å². The highest BCUT2D eigenvalue weighted by Crippen LogP contribution is 2.36. The number of carbonyl (C=O) groups is 1. The number of amides is 1. The van der Waals surface area contributed by atoms with Gasteiger partial charge in [-0.2, -0.15) is 0 Å². The highest BCUT2D eigenvalue weighted by molar-refractivity contribution is 7.80. The number of hydrogen-bond acceptors (Lipinski definition) is 6. The third-order valence-corrected chi connectivity index (χ3v) is 5.31. The second-order valence-electron chi connectivity index (χ2n) is 7.43. The zero-order valence-electron chi connectivity index (χ0n) is 19.0. The summed E-state index contributed by atoms with van der Waals surface area (Å²) in [7, 11) is 3.14. The zero-order valence-corrected chi connectivity index (χ0v) is 19.8. The molecule has 7 nitrogen and oxygen atoms in total. The lowest BCUT2D eigenvalue weighted by molar-refractivity contribution is -0.119. The molecule has 1 heterocycles. The van der Waals surface area contributed by atoms with E-state index in [4.69, 9.17) is 26.4 Å². The summed E-state index contributed by atoms with van der Waals surface area (Å²) in [5.41, 5.74) is 1.66. The molecule has 4 aromatic rings. The first-order valence-corrected chi connectivity index (χ1v) is 11.0. The SMILES string of the molecule is COc1cc2nccc(Oc3ccc(NC(=S)NC(=O)Cc4ccccc4F)cc3)c2cc1OC. The van der Waals surface area contributed by atoms with Crippen LogP contribution in [-0.4, -0.2) is 30.2 Å². The third kappa shape index (κ3) is 5.82. The molecular formula is C26H22FN3O4S. The number of thiocarbonyl (C=S) groups is 1. The molecule has 0 bridgehead atoms. The molecular weight excluding hydrogens is 469 g/mol. The monoisotopic (exact) mass is 491 g/mol. The molecule has 0 saturated carbocycles. The Labute approximate surface area is 206 Å². The largest absolute Gasteiger partial charge is 0.493 e. The lowest BCUT2D eigenvalue weighted by Gasteiger charge is -2.13. The zero-order chi connectivity index (χ0) is 24.8. The maximum absolute atomic E-state index is 13.7. The molecule has 3 aromatic carbocycles. The predicted molar refractivity (Wildman–Crippen MR) is 136 cm³/mol. The van der Waals surface area contributed by atoms with E-state index in [1.807, 2.05) is 6.07 Å². The Kier molecular flexibility index (Phi) is 7.37. The highest BCUT2D eigenvalue weighted by atomic mass is 32.1. The van der Waals surface area contributed by atoms with Gasteiger partial charge in [0.2, 0.25) is 5.91 Å². The Morgan fingerprint density at radius 1 is 0.971 bits per heavy atom. The summed E-state index contributed by atoms with van der Waals surface area (Å²) in [6.45, 7) is 0. The Balaban J connectivity index is 1.40. The number of rotatable bonds is 7. The minimum atomic E-state index is -0.434. The van der Waals surface area contributed by atoms with Crippen LogP contribution in [-0.2, 0) is 11.2 Å². The van der Waals surface area contributed by atoms with E-state index in [9.17, 15) is 9.18 Å². The molecule has 0 radical (unpaired) electrons. The summed E-state index contributed by atoms with van der Waals surface area (Å²) in [6.07, 6.45) is 1.54. The van der Waals surface area contributed by atoms with Gasteiger partial charge >= 0.3 is 0 Å². The van der Waals surface area contributed by atoms with Crippen molar-refractivity contribution >= 4 is 39.8 Å². The van der Waals surface area contributed by atoms with Crippen LogP contribution in [0.4, 0.5) is 10.1 Å². The van der Waals surface area contributed by atoms with Gasteiger partial charge in [0.05, 0.1) is 26.2 Å². The van der Waals surface area contributed by atoms with Crippen LogP contribution in [0.15, 0.2) is 72.9 Å². The summed E-state index contributed by atoms with van der Waals surface area (Å²) in [5, 5.41) is 6.37. The van der Waals surface area contributed by atoms with Crippen molar-refractivity contribution in [1.29, 1.82) is 0 Å². The van der Waals surface area contributed by atoms with E-state index in [0.717, 1.165) is 5.39 Å². The number of carbonyl (C=O) groups excluding carboxylic acids is 1. The maximum atomic E-state index is 13.7. The predicted octanol–water partition coefficient (Wildman–Crippen LogP) is 5.24. The minimum Gasteiger partial charge on any atom is -0.493 e. The number of pyridine rings is 1. The van der Waals surface area contributed by atoms with Gasteiger partial charge in [-0.15, -0.1) is 0 Å². The van der Waals surface area contributed by atoms with Crippen molar-refractivity contribution in [3.8, 4) is 23.0 Å². The van der Waals surface area contributed by atoms with Gasteiger partial charge < -0.3 is 24.8 Å². The molecule has 178 valence electrons. The van der Waals surface area contributed by atoms with Crippen molar-refractivity contribution in [3.63, 3.8) is 0 Å². The molecule has 0 saturated heterocycles. The molecule has 1 aromatic heterocycles. The number of hydrogen-bond donors (Lipinski definition) is 2. The average molecular weight is 492 g/mol. The fraction of sp³-hybridized carbons (Fsp3) is 0.115. The van der Waals surface area contributed by atoms with Crippen LogP contribution in [0.25, 0.3) is 10.9 Å². The standard InChI is InChI=1S/C26H22FN3O4S/c1-32-23-14-19-21(15-24(23)33-2)28-12-11-22(19)34-18-9-7-17(8-10-18)29-26(35)30-25(31)13-16-5-3-4-6-20(16)27/h3-12,14-15H,13H2,1-2H3,(H2,29,30,31,35). The van der Waals surface area contributed by atoms with Crippen LogP contribution >= 0.6 is 12.2 Å². The number of methoxy groups -OCH3 is 2. The summed E-state index contributed by atoms with van der Waals surface area (Å²) in [6, 6.07) is 18.5. The molecule has 4 rings (SSSR count). The molecule has 35 heavy (non-hydrogen) atoms. The fourth-order valence-corrected chi connectivity index (χ4v) is 3.65. The first-order chi connectivity index (χ1) is 17.0. The van der Waals surface area contributed by atoms with E-state index in [1.54, 1.807) is 75.0 Å². The number of fused-ring (bicyclic) bond motifs is 1. The van der Waals surface area contributed by atoms with Crippen molar-refractivity contribution < 1.29 is 23.4 Å². The number of benzene rings is 3. The summed E-state index contributed by atoms with van der Waals surface area (Å²) >= 11 is 5.20. The Morgan fingerprint density at radius 2 is 1.69 bits per heavy atom. The van der Waals surface area contributed by atoms with E-state index >= 15 is 0 Å². The van der Waals surface area contributed by atoms with Crippen molar-refractivity contribution in [2.45, 2.75) is 6.42 Å². The Hall–Kier alpha value is -4.24. The van der Waals surface area contributed by atoms with Crippen LogP contribution < -0.4 is 24.8 Å². The van der Waals surface area contributed by atoms with Crippen LogP contribution in [0.1, 0.15) is 5.56 Å². The van der Waals surface area contributed by atoms with Gasteiger partial charge in [-0.3, -0.25) is 9.78 Å². The molecule has 0 aliphatic carbocycles. The lowest BCUT2D eigenvalue weighted by atomic mass is 10.1. The molecule has 1 amide bonds. The third-order valence-electron chi connectivity index (χ3n) is 5.11. The Morgan fingerprint density at radius 3 is 2.40 bits per heavy atom. The number of nitrogens with zero attached hydrogens (tertiary/aromatic N) is 1. The summed E-state index contributed by atoms with van der Waals surface area (Å²) in [5.74, 6) is 1.50. The molecule has 2 N–H and O–H groups in total. The van der Waals surface area contributed by atoms with Gasteiger partial charge in [0.1, 0.15) is 17.3 Å². The lowest BCUT2D eigenvalue weighted by Crippen LogP contribution is -2.35. The van der Waals surface area contributed by atoms with E-state index in [0.29, 0.717) is 39.8 Å². The van der Waals surface area contributed by atoms with Gasteiger partial charge in [-0.25, -0.2) is 4.39 Å². The average Bonchev–Trinajstić information content (AvgIpc) is 2.86. The normalized spacial score (nSPS) is 10.5. The second-order valence-corrected chi connectivity index (χ2v) is 7.84. The smallest absolute Gasteiger partial charge is 0.230 e. The maximum Gasteiger partial charge on any atom is 0.230 e. The number of anilines is 1. The first-order valence-electron chi connectivity index (χ1n) is 10.6. The molecule has 0 atom stereocenters. The van der Waals surface area contributed by atoms with Crippen molar-refractivity contribution in [3.05, 3.63) is 84.3 Å². The fourth-order valence-electron chi connectivity index (χ4n) is 3.42.